The lowest BCUT2D eigenvalue weighted by atomic mass is 10.1. The number of carbonyl (C=O) groups excluding carboxylic acids is 2. The molecule has 0 radical (unpaired) electrons. The van der Waals surface area contributed by atoms with Gasteiger partial charge in [0.2, 0.25) is 11.9 Å². The number of carboxylic acid groups (broad SMARTS) is 1. The lowest BCUT2D eigenvalue weighted by Gasteiger charge is -2.27. The number of nitrogens with zero attached hydrogens (tertiary/aromatic N) is 1. The molecule has 32 heavy (non-hydrogen) atoms. The number of amides is 2. The standard InChI is InChI=1S/C19H24N8O5/c20-13(28)6-5-12(18(31)32)25-16(29)9-1-3-10(4-2-9)22-7-11-8-23-15-14(24-11)17(30)27-19(21)26-15/h1-4,11-12,22,24H,5-8H2,(H2,20,28)(H,25,29)(H,31,32)(H4,21,23,26,27,30)/t11?,12-/m0/s1. The number of rotatable bonds is 9. The Morgan fingerprint density at radius 3 is 2.62 bits per heavy atom. The van der Waals surface area contributed by atoms with Crippen molar-refractivity contribution in [3.8, 4) is 0 Å². The Morgan fingerprint density at radius 1 is 1.25 bits per heavy atom. The van der Waals surface area contributed by atoms with Gasteiger partial charge >= 0.3 is 5.97 Å². The average molecular weight is 444 g/mol. The van der Waals surface area contributed by atoms with Crippen LogP contribution < -0.4 is 38.3 Å². The van der Waals surface area contributed by atoms with Crippen molar-refractivity contribution < 1.29 is 19.5 Å². The summed E-state index contributed by atoms with van der Waals surface area (Å²) >= 11 is 0. The molecule has 2 heterocycles. The number of primary amides is 1. The lowest BCUT2D eigenvalue weighted by Crippen LogP contribution is -2.41. The van der Waals surface area contributed by atoms with Crippen LogP contribution in [-0.2, 0) is 9.59 Å². The van der Waals surface area contributed by atoms with E-state index in [1.165, 1.54) is 0 Å². The predicted octanol–water partition coefficient (Wildman–Crippen LogP) is -0.881. The van der Waals surface area contributed by atoms with Gasteiger partial charge in [-0.05, 0) is 30.7 Å². The summed E-state index contributed by atoms with van der Waals surface area (Å²) in [5, 5.41) is 20.9. The van der Waals surface area contributed by atoms with E-state index in [0.717, 1.165) is 5.69 Å². The van der Waals surface area contributed by atoms with Gasteiger partial charge in [-0.2, -0.15) is 4.98 Å². The third kappa shape index (κ3) is 5.65. The van der Waals surface area contributed by atoms with E-state index in [1.807, 2.05) is 0 Å². The highest BCUT2D eigenvalue weighted by Gasteiger charge is 2.22. The summed E-state index contributed by atoms with van der Waals surface area (Å²) in [4.78, 5) is 52.9. The minimum atomic E-state index is -1.25. The van der Waals surface area contributed by atoms with Gasteiger partial charge in [0.15, 0.2) is 5.82 Å². The molecule has 1 aliphatic rings. The third-order valence-electron chi connectivity index (χ3n) is 4.78. The number of nitrogens with two attached hydrogens (primary N) is 2. The van der Waals surface area contributed by atoms with Crippen molar-refractivity contribution in [2.75, 3.05) is 34.8 Å². The number of nitrogens with one attached hydrogen (secondary N) is 5. The number of hydrogen-bond donors (Lipinski definition) is 8. The van der Waals surface area contributed by atoms with Gasteiger partial charge in [0, 0.05) is 30.8 Å². The Bertz CT molecular complexity index is 1070. The highest BCUT2D eigenvalue weighted by atomic mass is 16.4. The number of aromatic nitrogens is 2. The molecular formula is C19H24N8O5. The molecule has 3 rings (SSSR count). The molecule has 10 N–H and O–H groups in total. The van der Waals surface area contributed by atoms with Gasteiger partial charge in [0.25, 0.3) is 11.5 Å². The van der Waals surface area contributed by atoms with Gasteiger partial charge in [-0.3, -0.25) is 19.4 Å². The topological polar surface area (TPSA) is 217 Å². The second-order valence-electron chi connectivity index (χ2n) is 7.22. The number of aliphatic carboxylic acids is 1. The molecule has 1 unspecified atom stereocenters. The number of carbonyl (C=O) groups is 3. The first kappa shape index (κ1) is 22.4. The molecular weight excluding hydrogens is 420 g/mol. The van der Waals surface area contributed by atoms with Crippen LogP contribution in [0.25, 0.3) is 0 Å². The average Bonchev–Trinajstić information content (AvgIpc) is 2.75. The molecule has 0 spiro atoms. The summed E-state index contributed by atoms with van der Waals surface area (Å²) in [5.41, 5.74) is 11.5. The molecule has 13 nitrogen and oxygen atoms in total. The summed E-state index contributed by atoms with van der Waals surface area (Å²) in [6.45, 7) is 0.980. The minimum absolute atomic E-state index is 0.0336. The first-order valence-corrected chi connectivity index (χ1v) is 9.79. The summed E-state index contributed by atoms with van der Waals surface area (Å²) in [6, 6.07) is 5.11. The maximum Gasteiger partial charge on any atom is 0.326 e. The molecule has 1 aliphatic heterocycles. The third-order valence-corrected chi connectivity index (χ3v) is 4.78. The summed E-state index contributed by atoms with van der Waals surface area (Å²) in [7, 11) is 0. The van der Waals surface area contributed by atoms with Crippen LogP contribution >= 0.6 is 0 Å². The van der Waals surface area contributed by atoms with E-state index in [0.29, 0.717) is 24.6 Å². The fraction of sp³-hybridized carbons (Fsp3) is 0.316. The smallest absolute Gasteiger partial charge is 0.326 e. The Labute approximate surface area is 182 Å². The highest BCUT2D eigenvalue weighted by Crippen LogP contribution is 2.20. The number of aromatic amines is 1. The monoisotopic (exact) mass is 444 g/mol. The number of benzene rings is 1. The second kappa shape index (κ2) is 9.68. The van der Waals surface area contributed by atoms with Crippen molar-refractivity contribution in [1.29, 1.82) is 0 Å². The number of carboxylic acids is 1. The predicted molar refractivity (Wildman–Crippen MR) is 117 cm³/mol. The second-order valence-corrected chi connectivity index (χ2v) is 7.22. The zero-order valence-corrected chi connectivity index (χ0v) is 17.0. The van der Waals surface area contributed by atoms with Gasteiger partial charge in [-0.1, -0.05) is 0 Å². The first-order valence-electron chi connectivity index (χ1n) is 9.79. The zero-order chi connectivity index (χ0) is 23.3. The molecule has 2 atom stereocenters. The molecule has 1 aromatic heterocycles. The number of nitrogen functional groups attached to an aromatic ring is 1. The van der Waals surface area contributed by atoms with Gasteiger partial charge in [0.05, 0.1) is 6.04 Å². The Hall–Kier alpha value is -4.29. The van der Waals surface area contributed by atoms with Crippen LogP contribution in [0.5, 0.6) is 0 Å². The van der Waals surface area contributed by atoms with Crippen LogP contribution in [0, 0.1) is 0 Å². The van der Waals surface area contributed by atoms with E-state index in [2.05, 4.69) is 31.2 Å². The maximum absolute atomic E-state index is 12.3. The number of anilines is 4. The zero-order valence-electron chi connectivity index (χ0n) is 17.0. The molecule has 1 aromatic carbocycles. The fourth-order valence-corrected chi connectivity index (χ4v) is 3.12. The number of hydrogen-bond acceptors (Lipinski definition) is 9. The van der Waals surface area contributed by atoms with Gasteiger partial charge in [-0.15, -0.1) is 0 Å². The van der Waals surface area contributed by atoms with Gasteiger partial charge < -0.3 is 37.8 Å². The summed E-state index contributed by atoms with van der Waals surface area (Å²) < 4.78 is 0. The maximum atomic E-state index is 12.3. The van der Waals surface area contributed by atoms with Crippen LogP contribution in [0.3, 0.4) is 0 Å². The number of H-pyrrole nitrogens is 1. The lowest BCUT2D eigenvalue weighted by molar-refractivity contribution is -0.139. The summed E-state index contributed by atoms with van der Waals surface area (Å²) in [6.07, 6.45) is -0.240. The van der Waals surface area contributed by atoms with Crippen molar-refractivity contribution in [3.63, 3.8) is 0 Å². The molecule has 2 amide bonds. The van der Waals surface area contributed by atoms with E-state index < -0.39 is 23.8 Å². The van der Waals surface area contributed by atoms with E-state index >= 15 is 0 Å². The quantitative estimate of drug-likeness (QED) is 0.239. The van der Waals surface area contributed by atoms with Crippen LogP contribution in [0.4, 0.5) is 23.1 Å². The molecule has 0 bridgehead atoms. The van der Waals surface area contributed by atoms with E-state index in [1.54, 1.807) is 24.3 Å². The van der Waals surface area contributed by atoms with Crippen molar-refractivity contribution in [2.45, 2.75) is 24.9 Å². The van der Waals surface area contributed by atoms with Crippen molar-refractivity contribution in [2.24, 2.45) is 5.73 Å². The molecule has 0 saturated carbocycles. The van der Waals surface area contributed by atoms with E-state index in [-0.39, 0.29) is 36.0 Å². The van der Waals surface area contributed by atoms with Crippen LogP contribution in [0.2, 0.25) is 0 Å². The molecule has 0 fully saturated rings. The minimum Gasteiger partial charge on any atom is -0.480 e. The largest absolute Gasteiger partial charge is 0.480 e. The summed E-state index contributed by atoms with van der Waals surface area (Å²) in [5.74, 6) is -2.03. The van der Waals surface area contributed by atoms with Gasteiger partial charge in [-0.25, -0.2) is 4.79 Å². The Kier molecular flexibility index (Phi) is 6.77. The fourth-order valence-electron chi connectivity index (χ4n) is 3.12. The van der Waals surface area contributed by atoms with Crippen LogP contribution in [0.15, 0.2) is 29.1 Å². The normalized spacial score (nSPS) is 15.4. The Balaban J connectivity index is 1.54. The SMILES string of the molecule is NC(=O)CC[C@H](NC(=O)c1ccc(NCC2CNc3nc(N)[nH]c(=O)c3N2)cc1)C(=O)O. The molecule has 0 saturated heterocycles. The van der Waals surface area contributed by atoms with Crippen molar-refractivity contribution >= 4 is 40.9 Å². The van der Waals surface area contributed by atoms with E-state index in [9.17, 15) is 24.3 Å². The molecule has 0 aliphatic carbocycles. The van der Waals surface area contributed by atoms with Crippen molar-refractivity contribution in [1.82, 2.24) is 15.3 Å². The molecule has 2 aromatic rings. The van der Waals surface area contributed by atoms with Crippen molar-refractivity contribution in [3.05, 3.63) is 40.2 Å². The first-order chi connectivity index (χ1) is 15.2. The van der Waals surface area contributed by atoms with Gasteiger partial charge in [0.1, 0.15) is 11.7 Å². The highest BCUT2D eigenvalue weighted by molar-refractivity contribution is 5.97. The van der Waals surface area contributed by atoms with Crippen LogP contribution in [-0.4, -0.2) is 58.0 Å². The number of fused-ring (bicyclic) bond motifs is 1. The Morgan fingerprint density at radius 2 is 1.97 bits per heavy atom. The molecule has 13 heteroatoms. The van der Waals surface area contributed by atoms with E-state index in [4.69, 9.17) is 11.5 Å². The van der Waals surface area contributed by atoms with Crippen LogP contribution in [0.1, 0.15) is 23.2 Å². The molecule has 170 valence electrons.